The lowest BCUT2D eigenvalue weighted by atomic mass is 9.49. The minimum Gasteiger partial charge on any atom is -0.477 e. The highest BCUT2D eigenvalue weighted by molar-refractivity contribution is 5.92. The van der Waals surface area contributed by atoms with E-state index in [1.165, 1.54) is 89.2 Å². The third-order valence-corrected chi connectivity index (χ3v) is 11.4. The van der Waals surface area contributed by atoms with E-state index in [1.807, 2.05) is 0 Å². The first-order chi connectivity index (χ1) is 20.6. The Morgan fingerprint density at radius 3 is 1.47 bits per heavy atom. The SMILES string of the molecule is NCC12CC3CC(CC(C3)C1)C2.Nc1cccc(C(=O)NCC23CC4CC(CC(C4)C2)C3)n1.Nc1cccc(C(=O)O)n1. The molecule has 0 saturated heterocycles. The molecule has 8 N–H and O–H groups in total. The van der Waals surface area contributed by atoms with Gasteiger partial charge in [-0.2, -0.15) is 0 Å². The number of carbonyl (C=O) groups excluding carboxylic acids is 1. The fraction of sp³-hybridized carbons (Fsp3) is 0.647. The summed E-state index contributed by atoms with van der Waals surface area (Å²) in [7, 11) is 0. The van der Waals surface area contributed by atoms with Crippen molar-refractivity contribution in [2.45, 2.75) is 77.0 Å². The van der Waals surface area contributed by atoms with Crippen molar-refractivity contribution in [1.82, 2.24) is 15.3 Å². The van der Waals surface area contributed by atoms with Crippen LogP contribution in [-0.4, -0.2) is 40.0 Å². The smallest absolute Gasteiger partial charge is 0.354 e. The zero-order valence-corrected chi connectivity index (χ0v) is 25.2. The topological polar surface area (TPSA) is 170 Å². The largest absolute Gasteiger partial charge is 0.477 e. The van der Waals surface area contributed by atoms with E-state index in [0.717, 1.165) is 48.6 Å². The van der Waals surface area contributed by atoms with Gasteiger partial charge in [-0.05, 0) is 154 Å². The van der Waals surface area contributed by atoms with Crippen molar-refractivity contribution in [2.75, 3.05) is 24.6 Å². The van der Waals surface area contributed by atoms with Crippen LogP contribution in [0.1, 0.15) is 98.0 Å². The Bertz CT molecular complexity index is 1260. The molecule has 9 nitrogen and oxygen atoms in total. The number of nitrogens with one attached hydrogen (secondary N) is 1. The molecule has 8 fully saturated rings. The van der Waals surface area contributed by atoms with Gasteiger partial charge in [-0.3, -0.25) is 4.79 Å². The predicted molar refractivity (Wildman–Crippen MR) is 167 cm³/mol. The Morgan fingerprint density at radius 1 is 0.698 bits per heavy atom. The van der Waals surface area contributed by atoms with Gasteiger partial charge in [-0.1, -0.05) is 12.1 Å². The van der Waals surface area contributed by atoms with Crippen molar-refractivity contribution in [1.29, 1.82) is 0 Å². The molecule has 0 unspecified atom stereocenters. The fourth-order valence-electron chi connectivity index (χ4n) is 10.6. The van der Waals surface area contributed by atoms with Gasteiger partial charge in [0.2, 0.25) is 0 Å². The highest BCUT2D eigenvalue weighted by Gasteiger charge is 2.51. The number of carboxylic acid groups (broad SMARTS) is 1. The number of hydrogen-bond acceptors (Lipinski definition) is 7. The fourth-order valence-corrected chi connectivity index (χ4v) is 10.6. The number of pyridine rings is 2. The maximum atomic E-state index is 12.3. The molecule has 8 bridgehead atoms. The van der Waals surface area contributed by atoms with Crippen molar-refractivity contribution in [3.8, 4) is 0 Å². The Labute approximate surface area is 254 Å². The van der Waals surface area contributed by atoms with E-state index in [0.29, 0.717) is 22.3 Å². The molecule has 2 aromatic heterocycles. The van der Waals surface area contributed by atoms with Crippen molar-refractivity contribution >= 4 is 23.5 Å². The molecule has 8 aliphatic rings. The number of hydrogen-bond donors (Lipinski definition) is 5. The van der Waals surface area contributed by atoms with Gasteiger partial charge < -0.3 is 27.6 Å². The predicted octanol–water partition coefficient (Wildman–Crippen LogP) is 5.13. The summed E-state index contributed by atoms with van der Waals surface area (Å²) in [4.78, 5) is 30.2. The zero-order valence-electron chi connectivity index (χ0n) is 25.2. The van der Waals surface area contributed by atoms with Crippen molar-refractivity contribution in [2.24, 2.45) is 52.1 Å². The van der Waals surface area contributed by atoms with Gasteiger partial charge in [0.15, 0.2) is 5.69 Å². The number of nitrogens with zero attached hydrogens (tertiary/aromatic N) is 2. The maximum absolute atomic E-state index is 12.3. The quantitative estimate of drug-likeness (QED) is 0.320. The van der Waals surface area contributed by atoms with E-state index in [1.54, 1.807) is 24.3 Å². The molecule has 43 heavy (non-hydrogen) atoms. The van der Waals surface area contributed by atoms with Gasteiger partial charge in [0.05, 0.1) is 0 Å². The molecule has 2 aromatic rings. The molecule has 1 amide bonds. The van der Waals surface area contributed by atoms with Crippen LogP contribution < -0.4 is 22.5 Å². The van der Waals surface area contributed by atoms with Gasteiger partial charge in [-0.15, -0.1) is 0 Å². The molecule has 2 heterocycles. The van der Waals surface area contributed by atoms with Crippen molar-refractivity contribution in [3.63, 3.8) is 0 Å². The maximum Gasteiger partial charge on any atom is 0.354 e. The van der Waals surface area contributed by atoms with Crippen LogP contribution in [0, 0.1) is 46.3 Å². The Balaban J connectivity index is 0.000000127. The molecule has 0 atom stereocenters. The molecule has 10 rings (SSSR count). The first-order valence-corrected chi connectivity index (χ1v) is 16.3. The lowest BCUT2D eigenvalue weighted by Gasteiger charge is -2.56. The number of amides is 1. The normalized spacial score (nSPS) is 35.7. The van der Waals surface area contributed by atoms with Crippen LogP contribution in [-0.2, 0) is 0 Å². The second-order valence-corrected chi connectivity index (χ2v) is 14.9. The van der Waals surface area contributed by atoms with E-state index in [-0.39, 0.29) is 17.4 Å². The molecule has 0 aliphatic heterocycles. The van der Waals surface area contributed by atoms with Crippen LogP contribution in [0.2, 0.25) is 0 Å². The summed E-state index contributed by atoms with van der Waals surface area (Å²) in [6.45, 7) is 1.78. The van der Waals surface area contributed by atoms with E-state index in [4.69, 9.17) is 22.3 Å². The van der Waals surface area contributed by atoms with Gasteiger partial charge >= 0.3 is 5.97 Å². The molecule has 8 saturated carbocycles. The third-order valence-electron chi connectivity index (χ3n) is 11.4. The monoisotopic (exact) mass is 588 g/mol. The second-order valence-electron chi connectivity index (χ2n) is 14.9. The van der Waals surface area contributed by atoms with E-state index in [9.17, 15) is 9.59 Å². The molecule has 232 valence electrons. The summed E-state index contributed by atoms with van der Waals surface area (Å²) in [5.41, 5.74) is 18.2. The third kappa shape index (κ3) is 6.82. The number of anilines is 2. The number of rotatable bonds is 5. The van der Waals surface area contributed by atoms with Crippen LogP contribution in [0.25, 0.3) is 0 Å². The highest BCUT2D eigenvalue weighted by atomic mass is 16.4. The van der Waals surface area contributed by atoms with Crippen LogP contribution in [0.3, 0.4) is 0 Å². The molecule has 8 aliphatic carbocycles. The number of aromatic nitrogens is 2. The highest BCUT2D eigenvalue weighted by Crippen LogP contribution is 2.60. The molecule has 0 radical (unpaired) electrons. The molecular formula is C34H48N6O3. The lowest BCUT2D eigenvalue weighted by Crippen LogP contribution is -2.51. The second kappa shape index (κ2) is 12.1. The van der Waals surface area contributed by atoms with Crippen LogP contribution in [0.5, 0.6) is 0 Å². The van der Waals surface area contributed by atoms with Crippen LogP contribution in [0.15, 0.2) is 36.4 Å². The molecular weight excluding hydrogens is 540 g/mol. The van der Waals surface area contributed by atoms with Crippen LogP contribution in [0.4, 0.5) is 11.6 Å². The number of carbonyl (C=O) groups is 2. The molecule has 0 aromatic carbocycles. The first kappa shape index (κ1) is 29.9. The minimum atomic E-state index is -1.06. The van der Waals surface area contributed by atoms with Crippen LogP contribution >= 0.6 is 0 Å². The lowest BCUT2D eigenvalue weighted by molar-refractivity contribution is -0.0503. The average molecular weight is 589 g/mol. The van der Waals surface area contributed by atoms with E-state index < -0.39 is 5.97 Å². The standard InChI is InChI=1S/C17H23N3O.C11H19N.C6H6N2O2/c18-15-3-1-2-14(20-15)16(21)19-10-17-7-11-4-12(8-17)6-13(5-11)9-17;12-7-11-4-8-1-9(5-11)3-10(2-8)6-11;7-5-3-1-2-4(8-5)6(9)10/h1-3,11-13H,4-10H2,(H2,18,20)(H,19,21);8-10H,1-7,12H2;1-3H,(H2,7,8)(H,9,10). The number of aromatic carboxylic acids is 1. The van der Waals surface area contributed by atoms with Gasteiger partial charge in [-0.25, -0.2) is 14.8 Å². The van der Waals surface area contributed by atoms with Gasteiger partial charge in [0.25, 0.3) is 5.91 Å². The van der Waals surface area contributed by atoms with Gasteiger partial charge in [0.1, 0.15) is 17.3 Å². The summed E-state index contributed by atoms with van der Waals surface area (Å²) in [6, 6.07) is 9.68. The summed E-state index contributed by atoms with van der Waals surface area (Å²) >= 11 is 0. The molecule has 0 spiro atoms. The number of nitrogens with two attached hydrogens (primary N) is 3. The number of nitrogen functional groups attached to an aromatic ring is 2. The Kier molecular flexibility index (Phi) is 8.37. The summed E-state index contributed by atoms with van der Waals surface area (Å²) in [5.74, 6) is 5.43. The van der Waals surface area contributed by atoms with Crippen molar-refractivity contribution < 1.29 is 14.7 Å². The summed E-state index contributed by atoms with van der Waals surface area (Å²) < 4.78 is 0. The summed E-state index contributed by atoms with van der Waals surface area (Å²) in [6.07, 6.45) is 17.3. The van der Waals surface area contributed by atoms with Gasteiger partial charge in [0, 0.05) is 6.54 Å². The molecule has 9 heteroatoms. The summed E-state index contributed by atoms with van der Waals surface area (Å²) in [5, 5.41) is 11.5. The minimum absolute atomic E-state index is 0.0278. The Hall–Kier alpha value is -3.20. The zero-order chi connectivity index (χ0) is 30.2. The average Bonchev–Trinajstić information content (AvgIpc) is 2.95. The first-order valence-electron chi connectivity index (χ1n) is 16.3. The Morgan fingerprint density at radius 2 is 1.09 bits per heavy atom. The number of carboxylic acids is 1. The van der Waals surface area contributed by atoms with E-state index >= 15 is 0 Å². The van der Waals surface area contributed by atoms with E-state index in [2.05, 4.69) is 15.3 Å². The van der Waals surface area contributed by atoms with Crippen molar-refractivity contribution in [3.05, 3.63) is 47.8 Å².